The lowest BCUT2D eigenvalue weighted by Gasteiger charge is -2.08. The van der Waals surface area contributed by atoms with E-state index in [9.17, 15) is 0 Å². The smallest absolute Gasteiger partial charge is 0.0187 e. The number of benzene rings is 1. The Hall–Kier alpha value is -0.470. The van der Waals surface area contributed by atoms with Crippen LogP contribution in [0.15, 0.2) is 30.3 Å². The van der Waals surface area contributed by atoms with Crippen molar-refractivity contribution in [2.24, 2.45) is 5.73 Å². The largest absolute Gasteiger partial charge is 0.330 e. The first-order chi connectivity index (χ1) is 6.33. The normalized spacial score (nSPS) is 12.8. The Bertz CT molecular complexity index is 223. The van der Waals surface area contributed by atoms with Crippen LogP contribution in [-0.2, 0) is 5.75 Å². The predicted octanol–water partition coefficient (Wildman–Crippen LogP) is 2.66. The topological polar surface area (TPSA) is 26.0 Å². The van der Waals surface area contributed by atoms with Crippen LogP contribution in [0.2, 0.25) is 0 Å². The van der Waals surface area contributed by atoms with Crippen molar-refractivity contribution in [1.82, 2.24) is 0 Å². The summed E-state index contributed by atoms with van der Waals surface area (Å²) in [6, 6.07) is 10.6. The van der Waals surface area contributed by atoms with Gasteiger partial charge in [0.1, 0.15) is 0 Å². The zero-order valence-corrected chi connectivity index (χ0v) is 8.89. The summed E-state index contributed by atoms with van der Waals surface area (Å²) < 4.78 is 0. The average Bonchev–Trinajstić information content (AvgIpc) is 2.17. The molecule has 1 aromatic carbocycles. The molecule has 0 aliphatic heterocycles. The summed E-state index contributed by atoms with van der Waals surface area (Å²) in [5, 5.41) is 0.671. The van der Waals surface area contributed by atoms with Crippen molar-refractivity contribution in [1.29, 1.82) is 0 Å². The number of rotatable bonds is 5. The molecule has 0 aliphatic rings. The molecule has 0 aliphatic carbocycles. The highest BCUT2D eigenvalue weighted by Gasteiger charge is 2.00. The molecule has 0 radical (unpaired) electrons. The molecule has 72 valence electrons. The van der Waals surface area contributed by atoms with Gasteiger partial charge in [-0.2, -0.15) is 11.8 Å². The Morgan fingerprint density at radius 2 is 2.00 bits per heavy atom. The second kappa shape index (κ2) is 6.06. The monoisotopic (exact) mass is 195 g/mol. The fraction of sp³-hybridized carbons (Fsp3) is 0.455. The summed E-state index contributed by atoms with van der Waals surface area (Å²) in [6.07, 6.45) is 1.11. The van der Waals surface area contributed by atoms with Crippen molar-refractivity contribution >= 4 is 11.8 Å². The summed E-state index contributed by atoms with van der Waals surface area (Å²) in [6.45, 7) is 3.03. The van der Waals surface area contributed by atoms with E-state index in [-0.39, 0.29) is 0 Å². The molecule has 0 saturated heterocycles. The second-order valence-corrected chi connectivity index (χ2v) is 4.61. The van der Waals surface area contributed by atoms with Gasteiger partial charge in [0.25, 0.3) is 0 Å². The molecule has 0 bridgehead atoms. The zero-order chi connectivity index (χ0) is 9.52. The van der Waals surface area contributed by atoms with E-state index in [2.05, 4.69) is 37.3 Å². The molecule has 0 aromatic heterocycles. The van der Waals surface area contributed by atoms with Gasteiger partial charge in [0.2, 0.25) is 0 Å². The van der Waals surface area contributed by atoms with Gasteiger partial charge in [-0.25, -0.2) is 0 Å². The summed E-state index contributed by atoms with van der Waals surface area (Å²) in [4.78, 5) is 0. The van der Waals surface area contributed by atoms with Gasteiger partial charge in [-0.3, -0.25) is 0 Å². The molecule has 1 aromatic rings. The van der Waals surface area contributed by atoms with E-state index in [4.69, 9.17) is 5.73 Å². The van der Waals surface area contributed by atoms with Crippen molar-refractivity contribution in [2.75, 3.05) is 6.54 Å². The number of thioether (sulfide) groups is 1. The maximum Gasteiger partial charge on any atom is 0.0187 e. The lowest BCUT2D eigenvalue weighted by molar-refractivity contribution is 0.823. The second-order valence-electron chi connectivity index (χ2n) is 3.18. The Kier molecular flexibility index (Phi) is 4.94. The van der Waals surface area contributed by atoms with E-state index in [0.29, 0.717) is 5.25 Å². The number of hydrogen-bond donors (Lipinski definition) is 1. The number of nitrogens with two attached hydrogens (primary N) is 1. The average molecular weight is 195 g/mol. The van der Waals surface area contributed by atoms with Crippen LogP contribution in [-0.4, -0.2) is 11.8 Å². The van der Waals surface area contributed by atoms with Gasteiger partial charge in [-0.05, 0) is 18.5 Å². The van der Waals surface area contributed by atoms with E-state index in [1.807, 2.05) is 11.8 Å². The Labute approximate surface area is 84.7 Å². The first-order valence-electron chi connectivity index (χ1n) is 4.68. The molecule has 13 heavy (non-hydrogen) atoms. The molecular formula is C11H17NS. The third-order valence-corrected chi connectivity index (χ3v) is 3.26. The van der Waals surface area contributed by atoms with Crippen LogP contribution in [0, 0.1) is 0 Å². The highest BCUT2D eigenvalue weighted by atomic mass is 32.2. The highest BCUT2D eigenvalue weighted by Crippen LogP contribution is 2.18. The SMILES string of the molecule is CC(CCN)SCc1ccccc1. The van der Waals surface area contributed by atoms with E-state index in [1.165, 1.54) is 5.56 Å². The van der Waals surface area contributed by atoms with Gasteiger partial charge < -0.3 is 5.73 Å². The van der Waals surface area contributed by atoms with Gasteiger partial charge in [-0.15, -0.1) is 0 Å². The van der Waals surface area contributed by atoms with Crippen LogP contribution >= 0.6 is 11.8 Å². The summed E-state index contributed by atoms with van der Waals surface area (Å²) >= 11 is 1.97. The molecule has 1 unspecified atom stereocenters. The summed E-state index contributed by atoms with van der Waals surface area (Å²) in [5.41, 5.74) is 6.88. The minimum atomic E-state index is 0.671. The predicted molar refractivity (Wildman–Crippen MR) is 60.9 cm³/mol. The van der Waals surface area contributed by atoms with Gasteiger partial charge in [0.05, 0.1) is 0 Å². The molecule has 0 fully saturated rings. The first-order valence-corrected chi connectivity index (χ1v) is 5.73. The lowest BCUT2D eigenvalue weighted by atomic mass is 10.2. The van der Waals surface area contributed by atoms with E-state index in [0.717, 1.165) is 18.7 Å². The lowest BCUT2D eigenvalue weighted by Crippen LogP contribution is -2.07. The molecule has 1 rings (SSSR count). The van der Waals surface area contributed by atoms with E-state index < -0.39 is 0 Å². The quantitative estimate of drug-likeness (QED) is 0.781. The maximum absolute atomic E-state index is 5.49. The Balaban J connectivity index is 2.27. The van der Waals surface area contributed by atoms with Crippen LogP contribution in [0.25, 0.3) is 0 Å². The van der Waals surface area contributed by atoms with Crippen LogP contribution in [0.1, 0.15) is 18.9 Å². The van der Waals surface area contributed by atoms with Gasteiger partial charge in [0, 0.05) is 11.0 Å². The van der Waals surface area contributed by atoms with E-state index >= 15 is 0 Å². The Morgan fingerprint density at radius 3 is 2.62 bits per heavy atom. The van der Waals surface area contributed by atoms with Crippen molar-refractivity contribution < 1.29 is 0 Å². The summed E-state index contributed by atoms with van der Waals surface area (Å²) in [5.74, 6) is 1.10. The third-order valence-electron chi connectivity index (χ3n) is 1.95. The molecule has 0 saturated carbocycles. The zero-order valence-electron chi connectivity index (χ0n) is 8.07. The molecule has 2 N–H and O–H groups in total. The first kappa shape index (κ1) is 10.6. The summed E-state index contributed by atoms with van der Waals surface area (Å²) in [7, 11) is 0. The molecule has 0 spiro atoms. The highest BCUT2D eigenvalue weighted by molar-refractivity contribution is 7.99. The third kappa shape index (κ3) is 4.34. The van der Waals surface area contributed by atoms with Crippen LogP contribution in [0.3, 0.4) is 0 Å². The number of hydrogen-bond acceptors (Lipinski definition) is 2. The maximum atomic E-state index is 5.49. The molecule has 0 amide bonds. The molecular weight excluding hydrogens is 178 g/mol. The minimum absolute atomic E-state index is 0.671. The van der Waals surface area contributed by atoms with Crippen molar-refractivity contribution in [2.45, 2.75) is 24.3 Å². The molecule has 1 atom stereocenters. The molecule has 0 heterocycles. The van der Waals surface area contributed by atoms with Crippen LogP contribution in [0.4, 0.5) is 0 Å². The molecule has 1 nitrogen and oxygen atoms in total. The van der Waals surface area contributed by atoms with Crippen molar-refractivity contribution in [3.8, 4) is 0 Å². The van der Waals surface area contributed by atoms with Gasteiger partial charge in [-0.1, -0.05) is 37.3 Å². The fourth-order valence-electron chi connectivity index (χ4n) is 1.13. The van der Waals surface area contributed by atoms with Crippen LogP contribution < -0.4 is 5.73 Å². The molecule has 2 heteroatoms. The fourth-order valence-corrected chi connectivity index (χ4v) is 2.10. The van der Waals surface area contributed by atoms with Gasteiger partial charge >= 0.3 is 0 Å². The van der Waals surface area contributed by atoms with Crippen molar-refractivity contribution in [3.05, 3.63) is 35.9 Å². The van der Waals surface area contributed by atoms with Crippen molar-refractivity contribution in [3.63, 3.8) is 0 Å². The van der Waals surface area contributed by atoms with Gasteiger partial charge in [0.15, 0.2) is 0 Å². The Morgan fingerprint density at radius 1 is 1.31 bits per heavy atom. The van der Waals surface area contributed by atoms with Crippen LogP contribution in [0.5, 0.6) is 0 Å². The standard InChI is InChI=1S/C11H17NS/c1-10(7-8-12)13-9-11-5-3-2-4-6-11/h2-6,10H,7-9,12H2,1H3. The minimum Gasteiger partial charge on any atom is -0.330 e. The van der Waals surface area contributed by atoms with E-state index in [1.54, 1.807) is 0 Å².